The van der Waals surface area contributed by atoms with Crippen molar-refractivity contribution in [2.45, 2.75) is 25.7 Å². The maximum atomic E-state index is 11.4. The van der Waals surface area contributed by atoms with Gasteiger partial charge in [0.05, 0.1) is 0 Å². The van der Waals surface area contributed by atoms with Crippen molar-refractivity contribution >= 4 is 21.8 Å². The summed E-state index contributed by atoms with van der Waals surface area (Å²) in [6.07, 6.45) is 4.52. The lowest BCUT2D eigenvalue weighted by Gasteiger charge is -2.08. The minimum absolute atomic E-state index is 0.188. The first-order chi connectivity index (χ1) is 5.70. The Morgan fingerprint density at radius 2 is 2.08 bits per heavy atom. The molecule has 0 atom stereocenters. The number of halogens is 1. The van der Waals surface area contributed by atoms with Crippen molar-refractivity contribution in [2.75, 3.05) is 6.54 Å². The van der Waals surface area contributed by atoms with E-state index in [-0.39, 0.29) is 11.8 Å². The summed E-state index contributed by atoms with van der Waals surface area (Å²) in [7, 11) is 0. The van der Waals surface area contributed by atoms with E-state index in [1.165, 1.54) is 12.8 Å². The van der Waals surface area contributed by atoms with Crippen LogP contribution in [0.4, 0.5) is 0 Å². The lowest BCUT2D eigenvalue weighted by Crippen LogP contribution is -2.29. The first-order valence-electron chi connectivity index (χ1n) is 4.31. The van der Waals surface area contributed by atoms with Crippen molar-refractivity contribution < 1.29 is 4.79 Å². The highest BCUT2D eigenvalue weighted by atomic mass is 79.9. The molecule has 1 aliphatic rings. The molecule has 1 N–H and O–H groups in total. The molecule has 0 radical (unpaired) electrons. The van der Waals surface area contributed by atoms with Crippen molar-refractivity contribution in [2.24, 2.45) is 5.92 Å². The molecule has 0 aromatic carbocycles. The van der Waals surface area contributed by atoms with Gasteiger partial charge in [-0.1, -0.05) is 35.4 Å². The monoisotopic (exact) mass is 231 g/mol. The highest BCUT2D eigenvalue weighted by Crippen LogP contribution is 2.24. The Labute approximate surface area is 81.5 Å². The third-order valence-corrected chi connectivity index (χ3v) is 2.46. The van der Waals surface area contributed by atoms with E-state index in [4.69, 9.17) is 0 Å². The quantitative estimate of drug-likeness (QED) is 0.794. The highest BCUT2D eigenvalue weighted by molar-refractivity contribution is 9.11. The molecule has 12 heavy (non-hydrogen) atoms. The van der Waals surface area contributed by atoms with Crippen LogP contribution in [0.3, 0.4) is 0 Å². The van der Waals surface area contributed by atoms with E-state index in [0.717, 1.165) is 17.3 Å². The Balaban J connectivity index is 2.23. The van der Waals surface area contributed by atoms with Crippen LogP contribution < -0.4 is 5.32 Å². The smallest absolute Gasteiger partial charge is 0.223 e. The lowest BCUT2D eigenvalue weighted by molar-refractivity contribution is -0.124. The maximum Gasteiger partial charge on any atom is 0.223 e. The lowest BCUT2D eigenvalue weighted by atomic mass is 10.1. The van der Waals surface area contributed by atoms with Crippen molar-refractivity contribution in [3.05, 3.63) is 11.1 Å². The Morgan fingerprint density at radius 3 is 2.58 bits per heavy atom. The van der Waals surface area contributed by atoms with E-state index in [9.17, 15) is 4.79 Å². The van der Waals surface area contributed by atoms with E-state index in [1.54, 1.807) is 0 Å². The van der Waals surface area contributed by atoms with E-state index in [0.29, 0.717) is 6.54 Å². The third-order valence-electron chi connectivity index (χ3n) is 2.18. The number of hydrogen-bond donors (Lipinski definition) is 1. The van der Waals surface area contributed by atoms with Gasteiger partial charge >= 0.3 is 0 Å². The van der Waals surface area contributed by atoms with Crippen molar-refractivity contribution in [1.82, 2.24) is 5.32 Å². The molecule has 0 saturated heterocycles. The SMILES string of the molecule is C=C(Br)CNC(=O)C1CCCC1. The van der Waals surface area contributed by atoms with Crippen LogP contribution in [0.2, 0.25) is 0 Å². The van der Waals surface area contributed by atoms with Gasteiger partial charge in [0.25, 0.3) is 0 Å². The van der Waals surface area contributed by atoms with Gasteiger partial charge in [0.1, 0.15) is 0 Å². The van der Waals surface area contributed by atoms with Crippen LogP contribution in [0.15, 0.2) is 11.1 Å². The Hall–Kier alpha value is -0.310. The second kappa shape index (κ2) is 4.65. The molecular formula is C9H14BrNO. The fourth-order valence-electron chi connectivity index (χ4n) is 1.52. The van der Waals surface area contributed by atoms with E-state index in [1.807, 2.05) is 0 Å². The minimum atomic E-state index is 0.188. The summed E-state index contributed by atoms with van der Waals surface area (Å²) < 4.78 is 0.828. The molecule has 68 valence electrons. The van der Waals surface area contributed by atoms with Crippen LogP contribution >= 0.6 is 15.9 Å². The Kier molecular flexibility index (Phi) is 3.79. The van der Waals surface area contributed by atoms with E-state index < -0.39 is 0 Å². The molecule has 0 bridgehead atoms. The van der Waals surface area contributed by atoms with Crippen molar-refractivity contribution in [1.29, 1.82) is 0 Å². The summed E-state index contributed by atoms with van der Waals surface area (Å²) in [4.78, 5) is 11.4. The van der Waals surface area contributed by atoms with Gasteiger partial charge in [0, 0.05) is 16.9 Å². The molecular weight excluding hydrogens is 218 g/mol. The molecule has 0 heterocycles. The fraction of sp³-hybridized carbons (Fsp3) is 0.667. The van der Waals surface area contributed by atoms with Crippen LogP contribution in [0.1, 0.15) is 25.7 Å². The van der Waals surface area contributed by atoms with Crippen molar-refractivity contribution in [3.8, 4) is 0 Å². The number of rotatable bonds is 3. The second-order valence-corrected chi connectivity index (χ2v) is 4.34. The zero-order chi connectivity index (χ0) is 8.97. The van der Waals surface area contributed by atoms with Crippen LogP contribution in [-0.2, 0) is 4.79 Å². The predicted octanol–water partition coefficient (Wildman–Crippen LogP) is 2.20. The average molecular weight is 232 g/mol. The summed E-state index contributed by atoms with van der Waals surface area (Å²) in [6, 6.07) is 0. The van der Waals surface area contributed by atoms with Gasteiger partial charge < -0.3 is 5.32 Å². The molecule has 0 spiro atoms. The van der Waals surface area contributed by atoms with E-state index in [2.05, 4.69) is 27.8 Å². The summed E-state index contributed by atoms with van der Waals surface area (Å²) in [5.41, 5.74) is 0. The minimum Gasteiger partial charge on any atom is -0.351 e. The molecule has 3 heteroatoms. The van der Waals surface area contributed by atoms with Crippen molar-refractivity contribution in [3.63, 3.8) is 0 Å². The molecule has 1 aliphatic carbocycles. The summed E-state index contributed by atoms with van der Waals surface area (Å²) in [5, 5.41) is 2.84. The van der Waals surface area contributed by atoms with Crippen LogP contribution in [0.5, 0.6) is 0 Å². The zero-order valence-corrected chi connectivity index (χ0v) is 8.69. The molecule has 0 aromatic rings. The highest BCUT2D eigenvalue weighted by Gasteiger charge is 2.21. The molecule has 1 rings (SSSR count). The predicted molar refractivity (Wildman–Crippen MR) is 53.0 cm³/mol. The third kappa shape index (κ3) is 2.97. The first kappa shape index (κ1) is 9.78. The Bertz CT molecular complexity index is 185. The molecule has 1 saturated carbocycles. The summed E-state index contributed by atoms with van der Waals surface area (Å²) in [6.45, 7) is 4.21. The van der Waals surface area contributed by atoms with Gasteiger partial charge in [-0.25, -0.2) is 0 Å². The van der Waals surface area contributed by atoms with Gasteiger partial charge in [-0.15, -0.1) is 0 Å². The summed E-state index contributed by atoms with van der Waals surface area (Å²) >= 11 is 3.20. The number of carbonyl (C=O) groups excluding carboxylic acids is 1. The number of hydrogen-bond acceptors (Lipinski definition) is 1. The zero-order valence-electron chi connectivity index (χ0n) is 7.11. The molecule has 2 nitrogen and oxygen atoms in total. The molecule has 0 unspecified atom stereocenters. The Morgan fingerprint density at radius 1 is 1.50 bits per heavy atom. The van der Waals surface area contributed by atoms with Crippen LogP contribution in [-0.4, -0.2) is 12.5 Å². The van der Waals surface area contributed by atoms with Gasteiger partial charge in [-0.05, 0) is 12.8 Å². The largest absolute Gasteiger partial charge is 0.351 e. The molecule has 0 aromatic heterocycles. The van der Waals surface area contributed by atoms with Gasteiger partial charge in [0.2, 0.25) is 5.91 Å². The average Bonchev–Trinajstić information content (AvgIpc) is 2.51. The number of carbonyl (C=O) groups is 1. The van der Waals surface area contributed by atoms with E-state index >= 15 is 0 Å². The first-order valence-corrected chi connectivity index (χ1v) is 5.10. The van der Waals surface area contributed by atoms with Gasteiger partial charge in [-0.3, -0.25) is 4.79 Å². The van der Waals surface area contributed by atoms with Gasteiger partial charge in [0.15, 0.2) is 0 Å². The van der Waals surface area contributed by atoms with Gasteiger partial charge in [-0.2, -0.15) is 0 Å². The molecule has 0 aliphatic heterocycles. The van der Waals surface area contributed by atoms with Crippen LogP contribution in [0.25, 0.3) is 0 Å². The standard InChI is InChI=1S/C9H14BrNO/c1-7(10)6-11-9(12)8-4-2-3-5-8/h8H,1-6H2,(H,11,12). The number of nitrogens with one attached hydrogen (secondary N) is 1. The summed E-state index contributed by atoms with van der Waals surface area (Å²) in [5.74, 6) is 0.449. The molecule has 1 amide bonds. The second-order valence-electron chi connectivity index (χ2n) is 3.22. The van der Waals surface area contributed by atoms with Crippen LogP contribution in [0, 0.1) is 5.92 Å². The fourth-order valence-corrected chi connectivity index (χ4v) is 1.66. The number of amides is 1. The maximum absolute atomic E-state index is 11.4. The normalized spacial score (nSPS) is 17.8. The molecule has 1 fully saturated rings. The topological polar surface area (TPSA) is 29.1 Å².